The van der Waals surface area contributed by atoms with Crippen LogP contribution in [0.4, 0.5) is 10.1 Å². The molecule has 4 nitrogen and oxygen atoms in total. The van der Waals surface area contributed by atoms with E-state index in [-0.39, 0.29) is 17.6 Å². The predicted molar refractivity (Wildman–Crippen MR) is 90.1 cm³/mol. The van der Waals surface area contributed by atoms with Crippen LogP contribution in [0.15, 0.2) is 55.0 Å². The largest absolute Gasteiger partial charge is 0.314 e. The van der Waals surface area contributed by atoms with Crippen LogP contribution in [0.2, 0.25) is 0 Å². The fraction of sp³-hybridized carbons (Fsp3) is 0.176. The number of aromatic nitrogens is 2. The summed E-state index contributed by atoms with van der Waals surface area (Å²) >= 11 is 1.62. The van der Waals surface area contributed by atoms with Crippen LogP contribution >= 0.6 is 11.9 Å². The molecular formula is C17H14FN3OS. The van der Waals surface area contributed by atoms with Gasteiger partial charge in [-0.15, -0.1) is 0 Å². The third-order valence-corrected chi connectivity index (χ3v) is 5.22. The van der Waals surface area contributed by atoms with Gasteiger partial charge in [-0.2, -0.15) is 0 Å². The normalized spacial score (nSPS) is 17.8. The van der Waals surface area contributed by atoms with Gasteiger partial charge in [0.05, 0.1) is 23.3 Å². The Balaban J connectivity index is 1.59. The monoisotopic (exact) mass is 327 g/mol. The Hall–Kier alpha value is -2.34. The highest BCUT2D eigenvalue weighted by Gasteiger charge is 2.31. The Morgan fingerprint density at radius 2 is 2.22 bits per heavy atom. The Labute approximate surface area is 137 Å². The van der Waals surface area contributed by atoms with Crippen molar-refractivity contribution in [2.24, 2.45) is 5.92 Å². The highest BCUT2D eigenvalue weighted by Crippen LogP contribution is 2.32. The van der Waals surface area contributed by atoms with Crippen molar-refractivity contribution < 1.29 is 9.18 Å². The lowest BCUT2D eigenvalue weighted by Gasteiger charge is -2.16. The SMILES string of the molecule is O=C(C1CSN(c2cccnc2)C1)n1ccc2ccc(F)cc21. The summed E-state index contributed by atoms with van der Waals surface area (Å²) in [6.45, 7) is 0.629. The summed E-state index contributed by atoms with van der Waals surface area (Å²) in [6.07, 6.45) is 5.25. The average molecular weight is 327 g/mol. The first-order valence-electron chi connectivity index (χ1n) is 7.34. The Bertz CT molecular complexity index is 865. The van der Waals surface area contributed by atoms with Gasteiger partial charge in [-0.05, 0) is 48.3 Å². The zero-order valence-electron chi connectivity index (χ0n) is 12.2. The maximum absolute atomic E-state index is 13.5. The smallest absolute Gasteiger partial charge is 0.236 e. The number of carbonyl (C=O) groups is 1. The number of fused-ring (bicyclic) bond motifs is 1. The molecule has 0 saturated carbocycles. The highest BCUT2D eigenvalue weighted by atomic mass is 32.2. The molecule has 1 atom stereocenters. The summed E-state index contributed by atoms with van der Waals surface area (Å²) in [7, 11) is 0. The molecule has 0 spiro atoms. The fourth-order valence-electron chi connectivity index (χ4n) is 2.81. The summed E-state index contributed by atoms with van der Waals surface area (Å²) in [5.74, 6) is 0.259. The number of carbonyl (C=O) groups excluding carboxylic acids is 1. The van der Waals surface area contributed by atoms with E-state index in [9.17, 15) is 9.18 Å². The van der Waals surface area contributed by atoms with Crippen molar-refractivity contribution in [2.45, 2.75) is 0 Å². The van der Waals surface area contributed by atoms with E-state index in [1.165, 1.54) is 12.1 Å². The molecule has 23 heavy (non-hydrogen) atoms. The second kappa shape index (κ2) is 5.70. The van der Waals surface area contributed by atoms with E-state index in [2.05, 4.69) is 9.29 Å². The molecule has 0 bridgehead atoms. The molecular weight excluding hydrogens is 313 g/mol. The third-order valence-electron chi connectivity index (χ3n) is 3.99. The van der Waals surface area contributed by atoms with Crippen molar-refractivity contribution in [3.63, 3.8) is 0 Å². The number of benzene rings is 1. The first-order valence-corrected chi connectivity index (χ1v) is 8.28. The van der Waals surface area contributed by atoms with Crippen LogP contribution in [0.1, 0.15) is 4.79 Å². The molecule has 0 aliphatic carbocycles. The summed E-state index contributed by atoms with van der Waals surface area (Å²) in [5, 5.41) is 0.870. The lowest BCUT2D eigenvalue weighted by atomic mass is 10.1. The van der Waals surface area contributed by atoms with Crippen molar-refractivity contribution in [1.82, 2.24) is 9.55 Å². The number of rotatable bonds is 2. The Kier molecular flexibility index (Phi) is 3.53. The van der Waals surface area contributed by atoms with Gasteiger partial charge in [-0.25, -0.2) is 4.39 Å². The number of anilines is 1. The number of halogens is 1. The molecule has 1 aliphatic rings. The van der Waals surface area contributed by atoms with Gasteiger partial charge in [-0.1, -0.05) is 0 Å². The number of hydrogen-bond donors (Lipinski definition) is 0. The minimum absolute atomic E-state index is 0.00416. The van der Waals surface area contributed by atoms with Gasteiger partial charge in [-0.3, -0.25) is 14.3 Å². The molecule has 4 rings (SSSR count). The summed E-state index contributed by atoms with van der Waals surface area (Å²) in [4.78, 5) is 16.9. The van der Waals surface area contributed by atoms with E-state index < -0.39 is 0 Å². The standard InChI is InChI=1S/C17H14FN3OS/c18-14-4-3-12-5-7-20(16(12)8-14)17(22)13-10-21(23-11-13)15-2-1-6-19-9-15/h1-9,13H,10-11H2. The van der Waals surface area contributed by atoms with Gasteiger partial charge in [0.15, 0.2) is 0 Å². The number of nitrogens with zero attached hydrogens (tertiary/aromatic N) is 3. The molecule has 1 fully saturated rings. The maximum atomic E-state index is 13.5. The Morgan fingerprint density at radius 1 is 1.30 bits per heavy atom. The molecule has 0 amide bonds. The average Bonchev–Trinajstić information content (AvgIpc) is 3.22. The van der Waals surface area contributed by atoms with Gasteiger partial charge in [0.2, 0.25) is 5.91 Å². The summed E-state index contributed by atoms with van der Waals surface area (Å²) in [5.41, 5.74) is 1.62. The van der Waals surface area contributed by atoms with Gasteiger partial charge < -0.3 is 4.31 Å². The number of hydrogen-bond acceptors (Lipinski definition) is 4. The summed E-state index contributed by atoms with van der Waals surface area (Å²) < 4.78 is 17.1. The maximum Gasteiger partial charge on any atom is 0.236 e. The van der Waals surface area contributed by atoms with Crippen molar-refractivity contribution in [2.75, 3.05) is 16.6 Å². The molecule has 0 N–H and O–H groups in total. The molecule has 3 aromatic rings. The molecule has 1 unspecified atom stereocenters. The second-order valence-electron chi connectivity index (χ2n) is 5.49. The lowest BCUT2D eigenvalue weighted by Crippen LogP contribution is -2.26. The van der Waals surface area contributed by atoms with Crippen molar-refractivity contribution in [3.05, 3.63) is 60.8 Å². The van der Waals surface area contributed by atoms with Crippen LogP contribution in [0.3, 0.4) is 0 Å². The minimum Gasteiger partial charge on any atom is -0.314 e. The van der Waals surface area contributed by atoms with E-state index in [1.807, 2.05) is 18.2 Å². The van der Waals surface area contributed by atoms with Crippen molar-refractivity contribution in [1.29, 1.82) is 0 Å². The van der Waals surface area contributed by atoms with Crippen LogP contribution in [0, 0.1) is 11.7 Å². The van der Waals surface area contributed by atoms with Crippen LogP contribution in [-0.4, -0.2) is 27.8 Å². The molecule has 1 saturated heterocycles. The third kappa shape index (κ3) is 2.59. The van der Waals surface area contributed by atoms with Crippen LogP contribution in [0.25, 0.3) is 10.9 Å². The van der Waals surface area contributed by atoms with E-state index in [4.69, 9.17) is 0 Å². The number of pyridine rings is 1. The van der Waals surface area contributed by atoms with E-state index >= 15 is 0 Å². The fourth-order valence-corrected chi connectivity index (χ4v) is 3.96. The van der Waals surface area contributed by atoms with Crippen LogP contribution in [0.5, 0.6) is 0 Å². The zero-order valence-corrected chi connectivity index (χ0v) is 13.0. The Morgan fingerprint density at radius 3 is 3.04 bits per heavy atom. The van der Waals surface area contributed by atoms with Crippen LogP contribution in [-0.2, 0) is 0 Å². The molecule has 0 radical (unpaired) electrons. The minimum atomic E-state index is -0.331. The highest BCUT2D eigenvalue weighted by molar-refractivity contribution is 8.00. The molecule has 1 aromatic carbocycles. The van der Waals surface area contributed by atoms with Gasteiger partial charge in [0, 0.05) is 30.1 Å². The van der Waals surface area contributed by atoms with Crippen molar-refractivity contribution in [3.8, 4) is 0 Å². The van der Waals surface area contributed by atoms with E-state index in [0.717, 1.165) is 11.1 Å². The van der Waals surface area contributed by atoms with E-state index in [0.29, 0.717) is 17.8 Å². The molecule has 1 aliphatic heterocycles. The lowest BCUT2D eigenvalue weighted by molar-refractivity contribution is 0.0862. The second-order valence-corrected chi connectivity index (χ2v) is 6.52. The quantitative estimate of drug-likeness (QED) is 0.674. The predicted octanol–water partition coefficient (Wildman–Crippen LogP) is 3.60. The molecule has 6 heteroatoms. The topological polar surface area (TPSA) is 38.1 Å². The van der Waals surface area contributed by atoms with Crippen molar-refractivity contribution >= 4 is 34.4 Å². The van der Waals surface area contributed by atoms with Crippen LogP contribution < -0.4 is 4.31 Å². The first kappa shape index (κ1) is 14.3. The van der Waals surface area contributed by atoms with E-state index in [1.54, 1.807) is 41.2 Å². The van der Waals surface area contributed by atoms with Gasteiger partial charge >= 0.3 is 0 Å². The zero-order chi connectivity index (χ0) is 15.8. The molecule has 116 valence electrons. The first-order chi connectivity index (χ1) is 11.2. The molecule has 2 aromatic heterocycles. The van der Waals surface area contributed by atoms with Gasteiger partial charge in [0.1, 0.15) is 5.82 Å². The van der Waals surface area contributed by atoms with Gasteiger partial charge in [0.25, 0.3) is 0 Å². The molecule has 3 heterocycles. The summed E-state index contributed by atoms with van der Waals surface area (Å²) in [6, 6.07) is 10.2.